The van der Waals surface area contributed by atoms with Crippen LogP contribution in [0.2, 0.25) is 0 Å². The number of nitrogens with zero attached hydrogens (tertiary/aromatic N) is 4. The van der Waals surface area contributed by atoms with Gasteiger partial charge in [0.2, 0.25) is 11.8 Å². The van der Waals surface area contributed by atoms with Gasteiger partial charge in [0.05, 0.1) is 33.2 Å². The standard InChI is InChI=1S/C36H42N8O6S2/c1-17-18(2)30(52-29(17)22-16-38-32(40-22)24-6-4-14-44(24)34(46)28(20-9-10-20)42-36(49)50)26-12-11-25(51-26)21-15-37-31(39-21)23-5-3-13-43(23)33(45)27(19-7-8-19)41-35(47)48/h11-12,15-16,19-20,23-24,27-28,41-42H,3-10,13-14H2,1-2H3,(H,37,39)(H,38,40)(H,47,48)(H,49,50)/t23?,24-,27?,28-/m0/s1. The van der Waals surface area contributed by atoms with Crippen molar-refractivity contribution in [2.24, 2.45) is 11.8 Å². The van der Waals surface area contributed by atoms with Crippen LogP contribution in [0, 0.1) is 25.7 Å². The number of thiophene rings is 2. The van der Waals surface area contributed by atoms with Crippen LogP contribution in [0.4, 0.5) is 9.59 Å². The number of amides is 4. The molecular formula is C36H42N8O6S2. The van der Waals surface area contributed by atoms with Crippen molar-refractivity contribution in [3.63, 3.8) is 0 Å². The van der Waals surface area contributed by atoms with Gasteiger partial charge >= 0.3 is 12.2 Å². The van der Waals surface area contributed by atoms with E-state index in [1.165, 1.54) is 5.56 Å². The number of carbonyl (C=O) groups is 4. The molecule has 2 aliphatic carbocycles. The highest BCUT2D eigenvalue weighted by molar-refractivity contribution is 7.25. The summed E-state index contributed by atoms with van der Waals surface area (Å²) in [6.45, 7) is 5.37. The molecule has 4 fully saturated rings. The maximum atomic E-state index is 13.5. The summed E-state index contributed by atoms with van der Waals surface area (Å²) in [5, 5.41) is 23.6. The van der Waals surface area contributed by atoms with E-state index in [0.29, 0.717) is 24.7 Å². The fourth-order valence-electron chi connectivity index (χ4n) is 7.80. The Morgan fingerprint density at radius 2 is 1.19 bits per heavy atom. The number of likely N-dealkylation sites (tertiary alicyclic amines) is 2. The fraction of sp³-hybridized carbons (Fsp3) is 0.500. The Balaban J connectivity index is 0.982. The van der Waals surface area contributed by atoms with E-state index < -0.39 is 24.3 Å². The molecule has 2 aliphatic heterocycles. The molecule has 2 saturated carbocycles. The van der Waals surface area contributed by atoms with Gasteiger partial charge in [0.1, 0.15) is 23.7 Å². The number of hydrogen-bond acceptors (Lipinski definition) is 8. The molecule has 0 radical (unpaired) electrons. The maximum Gasteiger partial charge on any atom is 0.405 e. The summed E-state index contributed by atoms with van der Waals surface area (Å²) in [5.41, 5.74) is 3.93. The van der Waals surface area contributed by atoms with Crippen molar-refractivity contribution in [1.29, 1.82) is 0 Å². The average molecular weight is 747 g/mol. The lowest BCUT2D eigenvalue weighted by atomic mass is 10.1. The van der Waals surface area contributed by atoms with E-state index >= 15 is 0 Å². The van der Waals surface area contributed by atoms with Crippen molar-refractivity contribution in [2.45, 2.75) is 89.4 Å². The van der Waals surface area contributed by atoms with Gasteiger partial charge in [-0.15, -0.1) is 22.7 Å². The Labute approximate surface area is 308 Å². The molecule has 8 rings (SSSR count). The molecule has 0 bridgehead atoms. The molecular weight excluding hydrogens is 705 g/mol. The third kappa shape index (κ3) is 6.57. The second-order valence-corrected chi connectivity index (χ2v) is 16.5. The van der Waals surface area contributed by atoms with Crippen LogP contribution in [0.25, 0.3) is 30.9 Å². The van der Waals surface area contributed by atoms with Crippen molar-refractivity contribution in [3.8, 4) is 30.9 Å². The number of H-pyrrole nitrogens is 2. The predicted octanol–water partition coefficient (Wildman–Crippen LogP) is 6.29. The van der Waals surface area contributed by atoms with Gasteiger partial charge in [0.25, 0.3) is 0 Å². The maximum absolute atomic E-state index is 13.5. The quantitative estimate of drug-likeness (QED) is 0.103. The summed E-state index contributed by atoms with van der Waals surface area (Å²) in [5.74, 6) is 1.21. The number of nitrogens with one attached hydrogen (secondary N) is 4. The Bertz CT molecular complexity index is 2020. The summed E-state index contributed by atoms with van der Waals surface area (Å²) in [4.78, 5) is 74.2. The first kappa shape index (κ1) is 34.4. The molecule has 2 unspecified atom stereocenters. The monoisotopic (exact) mass is 746 g/mol. The SMILES string of the molecule is Cc1c(-c2c[nH]c([C@@H]3CCCN3C(=O)[C@@H](NC(=O)O)C3CC3)n2)sc(-c2ccc(-c3c[nH]c(C4CCCN4C(=O)C(NC(=O)O)C4CC4)n3)s2)c1C. The van der Waals surface area contributed by atoms with Gasteiger partial charge < -0.3 is 40.6 Å². The molecule has 0 aromatic carbocycles. The first-order valence-electron chi connectivity index (χ1n) is 18.0. The van der Waals surface area contributed by atoms with Crippen molar-refractivity contribution in [2.75, 3.05) is 13.1 Å². The van der Waals surface area contributed by atoms with Crippen LogP contribution >= 0.6 is 22.7 Å². The topological polar surface area (TPSA) is 197 Å². The molecule has 4 aromatic heterocycles. The second kappa shape index (κ2) is 13.7. The lowest BCUT2D eigenvalue weighted by Gasteiger charge is -2.27. The molecule has 16 heteroatoms. The zero-order valence-corrected chi connectivity index (χ0v) is 30.6. The van der Waals surface area contributed by atoms with Crippen LogP contribution in [0.3, 0.4) is 0 Å². The summed E-state index contributed by atoms with van der Waals surface area (Å²) in [6, 6.07) is 2.30. The third-order valence-corrected chi connectivity index (χ3v) is 13.6. The second-order valence-electron chi connectivity index (χ2n) is 14.4. The first-order valence-corrected chi connectivity index (χ1v) is 19.6. The lowest BCUT2D eigenvalue weighted by Crippen LogP contribution is -2.49. The molecule has 2 saturated heterocycles. The molecule has 52 heavy (non-hydrogen) atoms. The van der Waals surface area contributed by atoms with Crippen molar-refractivity contribution < 1.29 is 29.4 Å². The van der Waals surface area contributed by atoms with Crippen LogP contribution in [0.1, 0.15) is 86.2 Å². The van der Waals surface area contributed by atoms with Gasteiger partial charge in [-0.3, -0.25) is 9.59 Å². The zero-order valence-electron chi connectivity index (χ0n) is 29.0. The predicted molar refractivity (Wildman–Crippen MR) is 195 cm³/mol. The molecule has 4 aliphatic rings. The summed E-state index contributed by atoms with van der Waals surface area (Å²) < 4.78 is 0. The van der Waals surface area contributed by atoms with E-state index in [9.17, 15) is 29.4 Å². The highest BCUT2D eigenvalue weighted by Crippen LogP contribution is 2.46. The highest BCUT2D eigenvalue weighted by Gasteiger charge is 2.44. The number of rotatable bonds is 11. The van der Waals surface area contributed by atoms with Gasteiger partial charge in [-0.1, -0.05) is 0 Å². The molecule has 6 heterocycles. The number of imidazole rings is 2. The van der Waals surface area contributed by atoms with E-state index in [1.54, 1.807) is 32.5 Å². The Hall–Kier alpha value is -4.70. The average Bonchev–Trinajstić information content (AvgIpc) is 3.64. The van der Waals surface area contributed by atoms with Crippen LogP contribution in [-0.2, 0) is 9.59 Å². The smallest absolute Gasteiger partial charge is 0.405 e. The first-order chi connectivity index (χ1) is 25.1. The highest BCUT2D eigenvalue weighted by atomic mass is 32.1. The molecule has 6 N–H and O–H groups in total. The number of aromatic amines is 2. The van der Waals surface area contributed by atoms with Gasteiger partial charge in [-0.2, -0.15) is 0 Å². The van der Waals surface area contributed by atoms with Gasteiger partial charge in [0, 0.05) is 35.2 Å². The number of carboxylic acid groups (broad SMARTS) is 2. The summed E-state index contributed by atoms with van der Waals surface area (Å²) >= 11 is 3.34. The van der Waals surface area contributed by atoms with E-state index in [2.05, 4.69) is 46.6 Å². The Kier molecular flexibility index (Phi) is 9.06. The van der Waals surface area contributed by atoms with Gasteiger partial charge in [-0.25, -0.2) is 19.6 Å². The Morgan fingerprint density at radius 1 is 0.712 bits per heavy atom. The van der Waals surface area contributed by atoms with Crippen molar-refractivity contribution in [3.05, 3.63) is 47.3 Å². The van der Waals surface area contributed by atoms with E-state index in [1.807, 2.05) is 12.4 Å². The van der Waals surface area contributed by atoms with Crippen LogP contribution < -0.4 is 10.6 Å². The Morgan fingerprint density at radius 3 is 1.71 bits per heavy atom. The largest absolute Gasteiger partial charge is 0.465 e. The molecule has 274 valence electrons. The molecule has 14 nitrogen and oxygen atoms in total. The number of aromatic nitrogens is 4. The summed E-state index contributed by atoms with van der Waals surface area (Å²) in [7, 11) is 0. The van der Waals surface area contributed by atoms with Crippen LogP contribution in [0.15, 0.2) is 24.5 Å². The molecule has 4 atom stereocenters. The van der Waals surface area contributed by atoms with E-state index in [-0.39, 0.29) is 35.7 Å². The third-order valence-electron chi connectivity index (χ3n) is 10.9. The number of carbonyl (C=O) groups excluding carboxylic acids is 2. The number of hydrogen-bond donors (Lipinski definition) is 6. The zero-order chi connectivity index (χ0) is 36.3. The van der Waals surface area contributed by atoms with Crippen LogP contribution in [0.5, 0.6) is 0 Å². The van der Waals surface area contributed by atoms with Crippen molar-refractivity contribution in [1.82, 2.24) is 40.4 Å². The van der Waals surface area contributed by atoms with E-state index in [4.69, 9.17) is 9.97 Å². The van der Waals surface area contributed by atoms with Crippen LogP contribution in [-0.4, -0.2) is 89.1 Å². The minimum Gasteiger partial charge on any atom is -0.465 e. The minimum absolute atomic E-state index is 0.0581. The molecule has 4 amide bonds. The van der Waals surface area contributed by atoms with E-state index in [0.717, 1.165) is 87.8 Å². The fourth-order valence-corrected chi connectivity index (χ4v) is 10.2. The van der Waals surface area contributed by atoms with Crippen molar-refractivity contribution >= 4 is 46.7 Å². The van der Waals surface area contributed by atoms with Gasteiger partial charge in [0.15, 0.2) is 0 Å². The lowest BCUT2D eigenvalue weighted by molar-refractivity contribution is -0.135. The minimum atomic E-state index is -1.17. The molecule has 0 spiro atoms. The van der Waals surface area contributed by atoms with Gasteiger partial charge in [-0.05, 0) is 100 Å². The normalized spacial score (nSPS) is 21.3. The summed E-state index contributed by atoms with van der Waals surface area (Å²) in [6.07, 6.45) is 8.04. The molecule has 4 aromatic rings.